The molecule has 11 nitrogen and oxygen atoms in total. The maximum atomic E-state index is 13.1. The first-order valence-electron chi connectivity index (χ1n) is 12.3. The van der Waals surface area contributed by atoms with Crippen molar-refractivity contribution in [3.05, 3.63) is 35.9 Å². The van der Waals surface area contributed by atoms with Crippen LogP contribution in [0.2, 0.25) is 0 Å². The molecule has 14 heteroatoms. The first-order valence-corrected chi connectivity index (χ1v) is 14.5. The first-order chi connectivity index (χ1) is 18.3. The van der Waals surface area contributed by atoms with Gasteiger partial charge >= 0.3 is 11.9 Å². The average Bonchev–Trinajstić information content (AvgIpc) is 3.31. The van der Waals surface area contributed by atoms with Crippen molar-refractivity contribution in [1.29, 1.82) is 0 Å². The van der Waals surface area contributed by atoms with Gasteiger partial charge < -0.3 is 30.3 Å². The van der Waals surface area contributed by atoms with E-state index in [1.807, 2.05) is 19.9 Å². The molecule has 5 rings (SSSR count). The number of β-lactam (4-membered cyclic amide) rings is 2. The standard InChI is InChI=1S/C25H29ClN4O7S2/c1-24(2)15(29-18(32)12(26)20(29)38-24)22(34)36-10-37-23(35)16-25(3,4)39-21-14(19(33)30(16)21)28-17(31)13(27)11-8-6-5-7-9-11/h5-9,12-16,20-21H,10,27H2,1-4H3,(H,28,31)/t12-,13?,14-,15+,16+,20-,21-/m1/s1. The summed E-state index contributed by atoms with van der Waals surface area (Å²) < 4.78 is 9.13. The van der Waals surface area contributed by atoms with Crippen molar-refractivity contribution in [2.75, 3.05) is 6.79 Å². The molecule has 39 heavy (non-hydrogen) atoms. The number of nitrogens with one attached hydrogen (secondary N) is 1. The minimum absolute atomic E-state index is 0.310. The molecule has 4 aliphatic rings. The Balaban J connectivity index is 1.17. The highest BCUT2D eigenvalue weighted by molar-refractivity contribution is 8.02. The topological polar surface area (TPSA) is 148 Å². The number of rotatable bonds is 7. The van der Waals surface area contributed by atoms with Crippen LogP contribution in [0.5, 0.6) is 0 Å². The smallest absolute Gasteiger partial charge is 0.333 e. The molecule has 0 radical (unpaired) electrons. The number of carbonyl (C=O) groups excluding carboxylic acids is 5. The molecule has 4 saturated heterocycles. The van der Waals surface area contributed by atoms with E-state index in [0.29, 0.717) is 5.56 Å². The molecule has 4 heterocycles. The summed E-state index contributed by atoms with van der Waals surface area (Å²) in [6.07, 6.45) is 0. The van der Waals surface area contributed by atoms with Crippen LogP contribution in [0.25, 0.3) is 0 Å². The monoisotopic (exact) mass is 596 g/mol. The van der Waals surface area contributed by atoms with Crippen LogP contribution in [-0.4, -0.2) is 90.0 Å². The molecule has 1 aromatic rings. The van der Waals surface area contributed by atoms with Crippen molar-refractivity contribution >= 4 is 64.8 Å². The maximum Gasteiger partial charge on any atom is 0.333 e. The summed E-state index contributed by atoms with van der Waals surface area (Å²) in [7, 11) is 0. The fraction of sp³-hybridized carbons (Fsp3) is 0.560. The molecule has 1 aromatic carbocycles. The molecule has 210 valence electrons. The largest absolute Gasteiger partial charge is 0.426 e. The number of hydrogen-bond acceptors (Lipinski definition) is 10. The molecular weight excluding hydrogens is 568 g/mol. The minimum Gasteiger partial charge on any atom is -0.426 e. The van der Waals surface area contributed by atoms with Crippen molar-refractivity contribution < 1.29 is 33.4 Å². The van der Waals surface area contributed by atoms with Gasteiger partial charge in [-0.05, 0) is 33.3 Å². The van der Waals surface area contributed by atoms with Gasteiger partial charge in [-0.15, -0.1) is 35.1 Å². The zero-order valence-corrected chi connectivity index (χ0v) is 24.0. The highest BCUT2D eigenvalue weighted by atomic mass is 35.5. The summed E-state index contributed by atoms with van der Waals surface area (Å²) in [4.78, 5) is 66.6. The van der Waals surface area contributed by atoms with Crippen LogP contribution in [0.3, 0.4) is 0 Å². The van der Waals surface area contributed by atoms with Gasteiger partial charge in [0.05, 0.1) is 0 Å². The van der Waals surface area contributed by atoms with Gasteiger partial charge in [0.2, 0.25) is 24.5 Å². The lowest BCUT2D eigenvalue weighted by atomic mass is 9.95. The van der Waals surface area contributed by atoms with Gasteiger partial charge in [0.1, 0.15) is 40.3 Å². The Hall–Kier alpha value is -2.48. The Morgan fingerprint density at radius 2 is 1.46 bits per heavy atom. The summed E-state index contributed by atoms with van der Waals surface area (Å²) in [5, 5.41) is 1.24. The highest BCUT2D eigenvalue weighted by Gasteiger charge is 2.65. The molecule has 0 bridgehead atoms. The predicted molar refractivity (Wildman–Crippen MR) is 144 cm³/mol. The van der Waals surface area contributed by atoms with Gasteiger partial charge in [0.25, 0.3) is 0 Å². The molecule has 0 saturated carbocycles. The van der Waals surface area contributed by atoms with Gasteiger partial charge in [0.15, 0.2) is 0 Å². The van der Waals surface area contributed by atoms with Crippen molar-refractivity contribution in [1.82, 2.24) is 15.1 Å². The molecule has 0 spiro atoms. The molecule has 4 fully saturated rings. The molecule has 4 aliphatic heterocycles. The van der Waals surface area contributed by atoms with Gasteiger partial charge in [-0.2, -0.15) is 0 Å². The Kier molecular flexibility index (Phi) is 7.09. The first kappa shape index (κ1) is 28.1. The van der Waals surface area contributed by atoms with E-state index >= 15 is 0 Å². The van der Waals surface area contributed by atoms with Crippen LogP contribution >= 0.6 is 35.1 Å². The van der Waals surface area contributed by atoms with Crippen LogP contribution in [0.1, 0.15) is 39.3 Å². The number of halogens is 1. The van der Waals surface area contributed by atoms with E-state index in [4.69, 9.17) is 26.8 Å². The summed E-state index contributed by atoms with van der Waals surface area (Å²) in [6, 6.07) is 5.22. The molecule has 0 aliphatic carbocycles. The lowest BCUT2D eigenvalue weighted by Crippen LogP contribution is -2.71. The third-order valence-electron chi connectivity index (χ3n) is 7.40. The molecule has 1 unspecified atom stereocenters. The number of alkyl halides is 1. The van der Waals surface area contributed by atoms with E-state index in [1.165, 1.54) is 33.3 Å². The summed E-state index contributed by atoms with van der Waals surface area (Å²) in [5.74, 6) is -2.69. The van der Waals surface area contributed by atoms with Gasteiger partial charge in [-0.1, -0.05) is 30.3 Å². The van der Waals surface area contributed by atoms with Crippen LogP contribution < -0.4 is 11.1 Å². The summed E-state index contributed by atoms with van der Waals surface area (Å²) in [5.41, 5.74) is 6.68. The molecular formula is C25H29ClN4O7S2. The van der Waals surface area contributed by atoms with E-state index < -0.39 is 75.0 Å². The SMILES string of the molecule is CC1(C)S[C@@H]2[C@H](Cl)C(=O)N2[C@H]1C(=O)OCOC(=O)[C@@H]1N2C(=O)[C@@H](NC(=O)C(N)c3ccccc3)[C@H]2SC1(C)C. The normalized spacial score (nSPS) is 32.4. The number of amides is 3. The molecule has 0 aromatic heterocycles. The quantitative estimate of drug-likeness (QED) is 0.202. The second-order valence-electron chi connectivity index (χ2n) is 10.8. The Morgan fingerprint density at radius 1 is 0.949 bits per heavy atom. The number of nitrogens with two attached hydrogens (primary N) is 1. The zero-order valence-electron chi connectivity index (χ0n) is 21.7. The molecule has 7 atom stereocenters. The van der Waals surface area contributed by atoms with E-state index in [9.17, 15) is 24.0 Å². The lowest BCUT2D eigenvalue weighted by molar-refractivity contribution is -0.181. The lowest BCUT2D eigenvalue weighted by Gasteiger charge is -2.44. The Labute approximate surface area is 238 Å². The number of hydrogen-bond donors (Lipinski definition) is 2. The number of carbonyl (C=O) groups is 5. The maximum absolute atomic E-state index is 13.1. The van der Waals surface area contributed by atoms with Gasteiger partial charge in [-0.3, -0.25) is 14.4 Å². The van der Waals surface area contributed by atoms with Crippen LogP contribution in [0.4, 0.5) is 0 Å². The fourth-order valence-electron chi connectivity index (χ4n) is 5.43. The van der Waals surface area contributed by atoms with Crippen molar-refractivity contribution in [3.8, 4) is 0 Å². The van der Waals surface area contributed by atoms with Crippen molar-refractivity contribution in [2.45, 2.75) is 77.5 Å². The van der Waals surface area contributed by atoms with Gasteiger partial charge in [0, 0.05) is 9.49 Å². The van der Waals surface area contributed by atoms with E-state index in [2.05, 4.69) is 5.32 Å². The van der Waals surface area contributed by atoms with Crippen molar-refractivity contribution in [2.24, 2.45) is 5.73 Å². The minimum atomic E-state index is -0.952. The second kappa shape index (κ2) is 9.86. The van der Waals surface area contributed by atoms with Crippen molar-refractivity contribution in [3.63, 3.8) is 0 Å². The Morgan fingerprint density at radius 3 is 2.03 bits per heavy atom. The number of fused-ring (bicyclic) bond motifs is 2. The highest BCUT2D eigenvalue weighted by Crippen LogP contribution is 2.53. The molecule has 3 amide bonds. The average molecular weight is 597 g/mol. The number of benzene rings is 1. The number of ether oxygens (including phenoxy) is 2. The fourth-order valence-corrected chi connectivity index (χ4v) is 8.98. The Bertz CT molecular complexity index is 1230. The van der Waals surface area contributed by atoms with E-state index in [0.717, 1.165) is 0 Å². The number of esters is 2. The number of nitrogens with zero attached hydrogens (tertiary/aromatic N) is 2. The summed E-state index contributed by atoms with van der Waals surface area (Å²) >= 11 is 8.85. The zero-order chi connectivity index (χ0) is 28.4. The molecule has 3 N–H and O–H groups in total. The van der Waals surface area contributed by atoms with Crippen LogP contribution in [-0.2, 0) is 33.4 Å². The van der Waals surface area contributed by atoms with Crippen LogP contribution in [0, 0.1) is 0 Å². The number of thioether (sulfide) groups is 2. The summed E-state index contributed by atoms with van der Waals surface area (Å²) in [6.45, 7) is 6.57. The van der Waals surface area contributed by atoms with Gasteiger partial charge in [-0.25, -0.2) is 9.59 Å². The van der Waals surface area contributed by atoms with Crippen LogP contribution in [0.15, 0.2) is 30.3 Å². The van der Waals surface area contributed by atoms with E-state index in [-0.39, 0.29) is 11.3 Å². The predicted octanol–water partition coefficient (Wildman–Crippen LogP) is 0.947. The third kappa shape index (κ3) is 4.56. The third-order valence-corrected chi connectivity index (χ3v) is 11.1. The second-order valence-corrected chi connectivity index (χ2v) is 14.9. The van der Waals surface area contributed by atoms with E-state index in [1.54, 1.807) is 38.1 Å².